The summed E-state index contributed by atoms with van der Waals surface area (Å²) in [6, 6.07) is 0. The first-order chi connectivity index (χ1) is 6.98. The lowest BCUT2D eigenvalue weighted by molar-refractivity contribution is 0.221. The standard InChI is InChI=1S/C15H26O/c1-13(2,3)11-9-16-10-12(11)15(7,8)14(4,5)6/h9-10H,1-8H3. The van der Waals surface area contributed by atoms with Crippen LogP contribution in [0.1, 0.15) is 66.5 Å². The van der Waals surface area contributed by atoms with Crippen molar-refractivity contribution in [3.63, 3.8) is 0 Å². The molecule has 0 saturated heterocycles. The summed E-state index contributed by atoms with van der Waals surface area (Å²) in [5, 5.41) is 0. The first kappa shape index (κ1) is 13.3. The summed E-state index contributed by atoms with van der Waals surface area (Å²) >= 11 is 0. The van der Waals surface area contributed by atoms with E-state index in [1.54, 1.807) is 0 Å². The molecule has 0 N–H and O–H groups in total. The molecule has 1 nitrogen and oxygen atoms in total. The van der Waals surface area contributed by atoms with Gasteiger partial charge in [0.15, 0.2) is 0 Å². The second-order valence-electron chi connectivity index (χ2n) is 7.32. The summed E-state index contributed by atoms with van der Waals surface area (Å²) in [5.74, 6) is 0. The highest BCUT2D eigenvalue weighted by Gasteiger charge is 2.38. The van der Waals surface area contributed by atoms with Crippen LogP contribution < -0.4 is 0 Å². The fraction of sp³-hybridized carbons (Fsp3) is 0.733. The van der Waals surface area contributed by atoms with E-state index in [1.165, 1.54) is 11.1 Å². The third kappa shape index (κ3) is 2.18. The summed E-state index contributed by atoms with van der Waals surface area (Å²) in [4.78, 5) is 0. The van der Waals surface area contributed by atoms with Crippen LogP contribution in [0.5, 0.6) is 0 Å². The minimum atomic E-state index is 0.114. The van der Waals surface area contributed by atoms with Crippen LogP contribution in [-0.4, -0.2) is 0 Å². The Kier molecular flexibility index (Phi) is 3.04. The Balaban J connectivity index is 3.31. The van der Waals surface area contributed by atoms with E-state index in [2.05, 4.69) is 55.4 Å². The maximum Gasteiger partial charge on any atom is 0.0943 e. The molecular formula is C15H26O. The second kappa shape index (κ2) is 3.65. The molecule has 0 saturated carbocycles. The summed E-state index contributed by atoms with van der Waals surface area (Å²) in [7, 11) is 0. The Hall–Kier alpha value is -0.720. The predicted octanol–water partition coefficient (Wildman–Crippen LogP) is 4.90. The van der Waals surface area contributed by atoms with E-state index in [1.807, 2.05) is 12.5 Å². The first-order valence-corrected chi connectivity index (χ1v) is 6.05. The van der Waals surface area contributed by atoms with Gasteiger partial charge in [0.25, 0.3) is 0 Å². The summed E-state index contributed by atoms with van der Waals surface area (Å²) in [5.41, 5.74) is 3.14. The van der Waals surface area contributed by atoms with Crippen LogP contribution in [0.15, 0.2) is 16.9 Å². The Morgan fingerprint density at radius 1 is 0.750 bits per heavy atom. The van der Waals surface area contributed by atoms with Gasteiger partial charge in [-0.25, -0.2) is 0 Å². The number of furan rings is 1. The Bertz CT molecular complexity index is 356. The van der Waals surface area contributed by atoms with Gasteiger partial charge in [-0.2, -0.15) is 0 Å². The summed E-state index contributed by atoms with van der Waals surface area (Å²) < 4.78 is 5.45. The molecular weight excluding hydrogens is 196 g/mol. The van der Waals surface area contributed by atoms with Crippen LogP contribution in [0.3, 0.4) is 0 Å². The lowest BCUT2D eigenvalue weighted by Crippen LogP contribution is -2.35. The molecule has 16 heavy (non-hydrogen) atoms. The molecule has 0 aliphatic heterocycles. The third-order valence-corrected chi connectivity index (χ3v) is 4.02. The van der Waals surface area contributed by atoms with Gasteiger partial charge >= 0.3 is 0 Å². The highest BCUT2D eigenvalue weighted by atomic mass is 16.3. The first-order valence-electron chi connectivity index (χ1n) is 6.05. The molecule has 0 aliphatic rings. The fourth-order valence-electron chi connectivity index (χ4n) is 1.77. The van der Waals surface area contributed by atoms with Crippen LogP contribution in [0.4, 0.5) is 0 Å². The van der Waals surface area contributed by atoms with Crippen LogP contribution in [0.25, 0.3) is 0 Å². The topological polar surface area (TPSA) is 13.1 Å². The Morgan fingerprint density at radius 2 is 1.19 bits per heavy atom. The molecule has 1 heterocycles. The van der Waals surface area contributed by atoms with Gasteiger partial charge in [0.2, 0.25) is 0 Å². The molecule has 0 aliphatic carbocycles. The van der Waals surface area contributed by atoms with E-state index < -0.39 is 0 Å². The van der Waals surface area contributed by atoms with Crippen molar-refractivity contribution in [2.24, 2.45) is 5.41 Å². The molecule has 1 rings (SSSR count). The van der Waals surface area contributed by atoms with Gasteiger partial charge < -0.3 is 4.42 Å². The monoisotopic (exact) mass is 222 g/mol. The molecule has 92 valence electrons. The van der Waals surface area contributed by atoms with Crippen molar-refractivity contribution in [3.8, 4) is 0 Å². The van der Waals surface area contributed by atoms with Crippen LogP contribution in [0.2, 0.25) is 0 Å². The lowest BCUT2D eigenvalue weighted by Gasteiger charge is -2.40. The van der Waals surface area contributed by atoms with Crippen molar-refractivity contribution in [3.05, 3.63) is 23.7 Å². The van der Waals surface area contributed by atoms with E-state index in [4.69, 9.17) is 4.42 Å². The van der Waals surface area contributed by atoms with Crippen molar-refractivity contribution in [2.45, 2.75) is 66.2 Å². The van der Waals surface area contributed by atoms with Crippen molar-refractivity contribution in [2.75, 3.05) is 0 Å². The average Bonchev–Trinajstić information content (AvgIpc) is 2.47. The predicted molar refractivity (Wildman–Crippen MR) is 69.9 cm³/mol. The van der Waals surface area contributed by atoms with Gasteiger partial charge in [-0.05, 0) is 21.8 Å². The summed E-state index contributed by atoms with van der Waals surface area (Å²) in [6.45, 7) is 18.2. The van der Waals surface area contributed by atoms with Crippen molar-refractivity contribution in [1.82, 2.24) is 0 Å². The molecule has 1 heteroatoms. The minimum absolute atomic E-state index is 0.114. The molecule has 0 atom stereocenters. The van der Waals surface area contributed by atoms with Gasteiger partial charge in [0.1, 0.15) is 0 Å². The zero-order valence-corrected chi connectivity index (χ0v) is 12.1. The average molecular weight is 222 g/mol. The molecule has 0 aromatic carbocycles. The number of hydrogen-bond acceptors (Lipinski definition) is 1. The third-order valence-electron chi connectivity index (χ3n) is 4.02. The molecule has 1 aromatic rings. The lowest BCUT2D eigenvalue weighted by atomic mass is 9.63. The van der Waals surface area contributed by atoms with Crippen molar-refractivity contribution in [1.29, 1.82) is 0 Å². The zero-order chi connectivity index (χ0) is 12.8. The summed E-state index contributed by atoms with van der Waals surface area (Å²) in [6.07, 6.45) is 3.83. The quantitative estimate of drug-likeness (QED) is 0.658. The van der Waals surface area contributed by atoms with Gasteiger partial charge in [0, 0.05) is 5.56 Å². The largest absolute Gasteiger partial charge is 0.472 e. The van der Waals surface area contributed by atoms with Crippen molar-refractivity contribution >= 4 is 0 Å². The minimum Gasteiger partial charge on any atom is -0.472 e. The molecule has 0 spiro atoms. The molecule has 0 radical (unpaired) electrons. The molecule has 0 unspecified atom stereocenters. The fourth-order valence-corrected chi connectivity index (χ4v) is 1.77. The van der Waals surface area contributed by atoms with Gasteiger partial charge in [0.05, 0.1) is 12.5 Å². The normalized spacial score (nSPS) is 14.2. The van der Waals surface area contributed by atoms with E-state index >= 15 is 0 Å². The SMILES string of the molecule is CC(C)(C)c1cocc1C(C)(C)C(C)(C)C. The van der Waals surface area contributed by atoms with E-state index in [0.29, 0.717) is 0 Å². The van der Waals surface area contributed by atoms with Crippen LogP contribution in [0, 0.1) is 5.41 Å². The second-order valence-corrected chi connectivity index (χ2v) is 7.32. The smallest absolute Gasteiger partial charge is 0.0943 e. The number of hydrogen-bond donors (Lipinski definition) is 0. The van der Waals surface area contributed by atoms with Gasteiger partial charge in [-0.3, -0.25) is 0 Å². The van der Waals surface area contributed by atoms with Crippen LogP contribution in [-0.2, 0) is 10.8 Å². The Morgan fingerprint density at radius 3 is 1.56 bits per heavy atom. The Labute approximate surface area is 100 Å². The highest BCUT2D eigenvalue weighted by molar-refractivity contribution is 5.35. The van der Waals surface area contributed by atoms with Crippen LogP contribution >= 0.6 is 0 Å². The highest BCUT2D eigenvalue weighted by Crippen LogP contribution is 2.44. The molecule has 1 aromatic heterocycles. The molecule has 0 bridgehead atoms. The molecule has 0 amide bonds. The van der Waals surface area contributed by atoms with Gasteiger partial charge in [-0.15, -0.1) is 0 Å². The number of rotatable bonds is 1. The maximum absolute atomic E-state index is 5.45. The maximum atomic E-state index is 5.45. The zero-order valence-electron chi connectivity index (χ0n) is 12.1. The van der Waals surface area contributed by atoms with E-state index in [9.17, 15) is 0 Å². The van der Waals surface area contributed by atoms with E-state index in [-0.39, 0.29) is 16.2 Å². The van der Waals surface area contributed by atoms with Gasteiger partial charge in [-0.1, -0.05) is 55.4 Å². The van der Waals surface area contributed by atoms with Crippen molar-refractivity contribution < 1.29 is 4.42 Å². The molecule has 0 fully saturated rings. The van der Waals surface area contributed by atoms with E-state index in [0.717, 1.165) is 0 Å².